The molecule has 1 atom stereocenters. The molecule has 116 valence electrons. The molecule has 1 aromatic rings. The smallest absolute Gasteiger partial charge is 0.330 e. The fourth-order valence-corrected chi connectivity index (χ4v) is 3.08. The van der Waals surface area contributed by atoms with Gasteiger partial charge in [-0.2, -0.15) is 0 Å². The topological polar surface area (TPSA) is 38.3 Å². The van der Waals surface area contributed by atoms with E-state index >= 15 is 0 Å². The first-order valence-electron chi connectivity index (χ1n) is 7.68. The molecule has 1 aliphatic rings. The maximum absolute atomic E-state index is 13.1. The zero-order valence-corrected chi connectivity index (χ0v) is 12.8. The fraction of sp³-hybridized carbons (Fsp3) is 0.588. The lowest BCUT2D eigenvalue weighted by atomic mass is 9.90. The first-order valence-corrected chi connectivity index (χ1v) is 7.68. The Hall–Kier alpha value is -1.42. The Morgan fingerprint density at radius 2 is 1.76 bits per heavy atom. The van der Waals surface area contributed by atoms with Gasteiger partial charge in [0, 0.05) is 6.04 Å². The van der Waals surface area contributed by atoms with E-state index < -0.39 is 5.54 Å². The molecule has 3 nitrogen and oxygen atoms in total. The number of benzene rings is 1. The quantitative estimate of drug-likeness (QED) is 0.682. The Balaban J connectivity index is 2.23. The van der Waals surface area contributed by atoms with Gasteiger partial charge in [0.15, 0.2) is 0 Å². The van der Waals surface area contributed by atoms with Crippen molar-refractivity contribution in [2.24, 2.45) is 0 Å². The first-order chi connectivity index (χ1) is 10.1. The second-order valence-corrected chi connectivity index (χ2v) is 5.96. The number of nitrogens with one attached hydrogen (secondary N) is 1. The molecule has 0 radical (unpaired) electrons. The fourth-order valence-electron chi connectivity index (χ4n) is 3.08. The summed E-state index contributed by atoms with van der Waals surface area (Å²) in [6.45, 7) is 1.82. The Labute approximate surface area is 125 Å². The molecular weight excluding hydrogens is 269 g/mol. The largest absolute Gasteiger partial charge is 0.467 e. The summed E-state index contributed by atoms with van der Waals surface area (Å²) < 4.78 is 18.1. The third kappa shape index (κ3) is 3.82. The highest BCUT2D eigenvalue weighted by Crippen LogP contribution is 2.27. The minimum absolute atomic E-state index is 0.293. The summed E-state index contributed by atoms with van der Waals surface area (Å²) in [5.41, 5.74) is -0.197. The van der Waals surface area contributed by atoms with Gasteiger partial charge in [-0.15, -0.1) is 0 Å². The van der Waals surface area contributed by atoms with Gasteiger partial charge in [-0.05, 0) is 37.5 Å². The second-order valence-electron chi connectivity index (χ2n) is 5.96. The highest BCUT2D eigenvalue weighted by molar-refractivity contribution is 5.82. The number of hydrogen-bond donors (Lipinski definition) is 1. The molecule has 1 N–H and O–H groups in total. The van der Waals surface area contributed by atoms with E-state index in [0.717, 1.165) is 18.4 Å². The molecule has 0 amide bonds. The number of esters is 1. The van der Waals surface area contributed by atoms with Crippen LogP contribution in [0.4, 0.5) is 4.39 Å². The number of halogens is 1. The number of carbonyl (C=O) groups is 1. The minimum atomic E-state index is -0.933. The zero-order valence-electron chi connectivity index (χ0n) is 12.8. The van der Waals surface area contributed by atoms with Gasteiger partial charge in [-0.25, -0.2) is 9.18 Å². The lowest BCUT2D eigenvalue weighted by molar-refractivity contribution is -0.148. The zero-order chi connectivity index (χ0) is 15.3. The van der Waals surface area contributed by atoms with Crippen molar-refractivity contribution in [1.29, 1.82) is 0 Å². The normalized spacial score (nSPS) is 19.6. The number of carbonyl (C=O) groups excluding carboxylic acids is 1. The van der Waals surface area contributed by atoms with Crippen LogP contribution < -0.4 is 5.32 Å². The van der Waals surface area contributed by atoms with Gasteiger partial charge in [0.05, 0.1) is 7.11 Å². The van der Waals surface area contributed by atoms with Crippen molar-refractivity contribution >= 4 is 5.97 Å². The average Bonchev–Trinajstić information content (AvgIpc) is 2.75. The van der Waals surface area contributed by atoms with Crippen molar-refractivity contribution in [1.82, 2.24) is 5.32 Å². The van der Waals surface area contributed by atoms with Crippen LogP contribution in [-0.2, 0) is 15.1 Å². The van der Waals surface area contributed by atoms with Gasteiger partial charge in [0.1, 0.15) is 11.4 Å². The summed E-state index contributed by atoms with van der Waals surface area (Å²) in [6, 6.07) is 6.35. The van der Waals surface area contributed by atoms with Crippen molar-refractivity contribution in [2.45, 2.75) is 57.0 Å². The van der Waals surface area contributed by atoms with Gasteiger partial charge in [0.25, 0.3) is 0 Å². The molecule has 1 unspecified atom stereocenters. The number of methoxy groups -OCH3 is 1. The lowest BCUT2D eigenvalue weighted by Crippen LogP contribution is -2.51. The van der Waals surface area contributed by atoms with E-state index in [2.05, 4.69) is 5.32 Å². The van der Waals surface area contributed by atoms with Gasteiger partial charge in [0.2, 0.25) is 0 Å². The van der Waals surface area contributed by atoms with Crippen LogP contribution >= 0.6 is 0 Å². The highest BCUT2D eigenvalue weighted by Gasteiger charge is 2.38. The number of rotatable bonds is 4. The predicted molar refractivity (Wildman–Crippen MR) is 80.4 cm³/mol. The third-order valence-corrected chi connectivity index (χ3v) is 4.36. The molecule has 0 saturated heterocycles. The van der Waals surface area contributed by atoms with E-state index in [1.807, 2.05) is 6.92 Å². The van der Waals surface area contributed by atoms with Gasteiger partial charge in [-0.1, -0.05) is 37.8 Å². The molecule has 1 aliphatic carbocycles. The maximum atomic E-state index is 13.1. The van der Waals surface area contributed by atoms with E-state index in [-0.39, 0.29) is 11.8 Å². The summed E-state index contributed by atoms with van der Waals surface area (Å²) in [5.74, 6) is -0.640. The average molecular weight is 293 g/mol. The van der Waals surface area contributed by atoms with Crippen molar-refractivity contribution in [3.8, 4) is 0 Å². The monoisotopic (exact) mass is 293 g/mol. The summed E-state index contributed by atoms with van der Waals surface area (Å²) in [5, 5.41) is 3.46. The minimum Gasteiger partial charge on any atom is -0.467 e. The van der Waals surface area contributed by atoms with Crippen molar-refractivity contribution in [3.05, 3.63) is 35.6 Å². The van der Waals surface area contributed by atoms with E-state index in [0.29, 0.717) is 6.04 Å². The molecule has 1 saturated carbocycles. The van der Waals surface area contributed by atoms with Crippen LogP contribution in [0.1, 0.15) is 51.0 Å². The second kappa shape index (κ2) is 7.03. The molecule has 1 aromatic carbocycles. The van der Waals surface area contributed by atoms with E-state index in [9.17, 15) is 9.18 Å². The van der Waals surface area contributed by atoms with E-state index in [1.54, 1.807) is 12.1 Å². The van der Waals surface area contributed by atoms with Crippen LogP contribution in [0.3, 0.4) is 0 Å². The molecule has 0 spiro atoms. The molecule has 2 rings (SSSR count). The third-order valence-electron chi connectivity index (χ3n) is 4.36. The van der Waals surface area contributed by atoms with E-state index in [4.69, 9.17) is 4.74 Å². The number of ether oxygens (including phenoxy) is 1. The van der Waals surface area contributed by atoms with E-state index in [1.165, 1.54) is 44.9 Å². The molecule has 0 aromatic heterocycles. The molecule has 21 heavy (non-hydrogen) atoms. The van der Waals surface area contributed by atoms with Crippen LogP contribution in [0.5, 0.6) is 0 Å². The Morgan fingerprint density at radius 3 is 2.29 bits per heavy atom. The molecule has 0 bridgehead atoms. The van der Waals surface area contributed by atoms with Crippen LogP contribution in [0.2, 0.25) is 0 Å². The van der Waals surface area contributed by atoms with Crippen molar-refractivity contribution < 1.29 is 13.9 Å². The molecule has 1 fully saturated rings. The standard InChI is InChI=1S/C17H24FNO2/c1-17(16(20)21-2,13-9-11-14(18)12-10-13)19-15-7-5-3-4-6-8-15/h9-12,15,19H,3-8H2,1-2H3. The van der Waals surface area contributed by atoms with Crippen LogP contribution in [-0.4, -0.2) is 19.1 Å². The highest BCUT2D eigenvalue weighted by atomic mass is 19.1. The summed E-state index contributed by atoms with van der Waals surface area (Å²) in [4.78, 5) is 12.3. The van der Waals surface area contributed by atoms with Gasteiger partial charge < -0.3 is 4.74 Å². The van der Waals surface area contributed by atoms with Gasteiger partial charge in [-0.3, -0.25) is 5.32 Å². The molecular formula is C17H24FNO2. The molecule has 4 heteroatoms. The Kier molecular flexibility index (Phi) is 5.34. The maximum Gasteiger partial charge on any atom is 0.330 e. The predicted octanol–water partition coefficient (Wildman–Crippen LogP) is 3.53. The summed E-state index contributed by atoms with van der Waals surface area (Å²) in [7, 11) is 1.39. The summed E-state index contributed by atoms with van der Waals surface area (Å²) in [6.07, 6.45) is 6.99. The van der Waals surface area contributed by atoms with Crippen molar-refractivity contribution in [3.63, 3.8) is 0 Å². The Bertz CT molecular complexity index is 466. The number of hydrogen-bond acceptors (Lipinski definition) is 3. The first kappa shape index (κ1) is 16.0. The van der Waals surface area contributed by atoms with Crippen LogP contribution in [0.15, 0.2) is 24.3 Å². The summed E-state index contributed by atoms with van der Waals surface area (Å²) >= 11 is 0. The molecule has 0 heterocycles. The Morgan fingerprint density at radius 1 is 1.19 bits per heavy atom. The SMILES string of the molecule is COC(=O)C(C)(NC1CCCCCC1)c1ccc(F)cc1. The van der Waals surface area contributed by atoms with Gasteiger partial charge >= 0.3 is 5.97 Å². The van der Waals surface area contributed by atoms with Crippen LogP contribution in [0.25, 0.3) is 0 Å². The molecule has 0 aliphatic heterocycles. The lowest BCUT2D eigenvalue weighted by Gasteiger charge is -2.33. The van der Waals surface area contributed by atoms with Crippen molar-refractivity contribution in [2.75, 3.05) is 7.11 Å². The van der Waals surface area contributed by atoms with Crippen LogP contribution in [0, 0.1) is 5.82 Å².